The normalized spacial score (nSPS) is 10.8. The summed E-state index contributed by atoms with van der Waals surface area (Å²) in [4.78, 5) is 4.42. The van der Waals surface area contributed by atoms with E-state index in [1.807, 2.05) is 42.5 Å². The maximum atomic E-state index is 5.68. The van der Waals surface area contributed by atoms with E-state index in [4.69, 9.17) is 18.4 Å². The third-order valence-electron chi connectivity index (χ3n) is 4.08. The first kappa shape index (κ1) is 19.0. The Bertz CT molecular complexity index is 1080. The van der Waals surface area contributed by atoms with Gasteiger partial charge in [0.1, 0.15) is 11.5 Å². The minimum absolute atomic E-state index is 0.415. The summed E-state index contributed by atoms with van der Waals surface area (Å²) in [6.45, 7) is 0. The van der Waals surface area contributed by atoms with Gasteiger partial charge in [-0.15, -0.1) is 10.2 Å². The van der Waals surface area contributed by atoms with Crippen LogP contribution in [0.25, 0.3) is 11.4 Å². The molecule has 0 fully saturated rings. The number of thioether (sulfide) groups is 1. The van der Waals surface area contributed by atoms with Crippen LogP contribution in [0.15, 0.2) is 62.7 Å². The number of hydrogen-bond acceptors (Lipinski definition) is 9. The monoisotopic (exact) mass is 410 g/mol. The third-order valence-corrected chi connectivity index (χ3v) is 4.89. The molecule has 0 amide bonds. The lowest BCUT2D eigenvalue weighted by molar-refractivity contribution is 0.387. The van der Waals surface area contributed by atoms with E-state index in [0.29, 0.717) is 46.5 Å². The Morgan fingerprint density at radius 1 is 0.966 bits per heavy atom. The molecule has 4 rings (SSSR count). The van der Waals surface area contributed by atoms with Gasteiger partial charge >= 0.3 is 0 Å². The molecule has 0 unspecified atom stereocenters. The number of aromatic nitrogens is 4. The Balaban J connectivity index is 1.40. The first-order chi connectivity index (χ1) is 14.2. The van der Waals surface area contributed by atoms with Gasteiger partial charge in [-0.3, -0.25) is 0 Å². The van der Waals surface area contributed by atoms with Crippen LogP contribution in [0.5, 0.6) is 11.5 Å². The molecule has 8 nitrogen and oxygen atoms in total. The van der Waals surface area contributed by atoms with E-state index in [1.54, 1.807) is 20.3 Å². The highest BCUT2D eigenvalue weighted by molar-refractivity contribution is 7.98. The summed E-state index contributed by atoms with van der Waals surface area (Å²) in [6.07, 6.45) is 0.594. The first-order valence-electron chi connectivity index (χ1n) is 8.79. The fourth-order valence-electron chi connectivity index (χ4n) is 2.67. The predicted octanol–water partition coefficient (Wildman–Crippen LogP) is 4.02. The molecule has 0 saturated heterocycles. The Labute approximate surface area is 171 Å². The fourth-order valence-corrected chi connectivity index (χ4v) is 3.29. The molecule has 0 saturated carbocycles. The van der Waals surface area contributed by atoms with Crippen LogP contribution in [0.2, 0.25) is 0 Å². The molecule has 29 heavy (non-hydrogen) atoms. The maximum absolute atomic E-state index is 5.68. The largest absolute Gasteiger partial charge is 0.497 e. The SMILES string of the molecule is COc1ccc(-c2noc(CSc3nnc(Cc4ccccc4)o3)n2)c(OC)c1. The Morgan fingerprint density at radius 3 is 2.62 bits per heavy atom. The molecule has 0 radical (unpaired) electrons. The number of rotatable bonds is 8. The Morgan fingerprint density at radius 2 is 1.83 bits per heavy atom. The smallest absolute Gasteiger partial charge is 0.277 e. The van der Waals surface area contributed by atoms with Crippen LogP contribution in [0, 0.1) is 0 Å². The number of benzene rings is 2. The second-order valence-corrected chi connectivity index (χ2v) is 6.92. The average molecular weight is 410 g/mol. The van der Waals surface area contributed by atoms with Gasteiger partial charge in [0, 0.05) is 6.07 Å². The predicted molar refractivity (Wildman–Crippen MR) is 106 cm³/mol. The molecule has 4 aromatic rings. The molecular weight excluding hydrogens is 392 g/mol. The molecule has 9 heteroatoms. The summed E-state index contributed by atoms with van der Waals surface area (Å²) in [5.41, 5.74) is 1.83. The second-order valence-electron chi connectivity index (χ2n) is 5.99. The van der Waals surface area contributed by atoms with Crippen molar-refractivity contribution in [1.82, 2.24) is 20.3 Å². The molecule has 0 spiro atoms. The summed E-state index contributed by atoms with van der Waals surface area (Å²) in [7, 11) is 3.18. The van der Waals surface area contributed by atoms with Gasteiger partial charge < -0.3 is 18.4 Å². The molecule has 0 N–H and O–H groups in total. The van der Waals surface area contributed by atoms with Crippen molar-refractivity contribution in [3.63, 3.8) is 0 Å². The maximum Gasteiger partial charge on any atom is 0.277 e. The molecule has 148 valence electrons. The molecule has 0 aliphatic rings. The lowest BCUT2D eigenvalue weighted by atomic mass is 10.2. The van der Waals surface area contributed by atoms with Crippen LogP contribution in [-0.4, -0.2) is 34.6 Å². The summed E-state index contributed by atoms with van der Waals surface area (Å²) in [6, 6.07) is 15.4. The second kappa shape index (κ2) is 8.78. The standard InChI is InChI=1S/C20H18N4O4S/c1-25-14-8-9-15(16(11-14)26-2)19-21-18(28-24-19)12-29-20-23-22-17(27-20)10-13-6-4-3-5-7-13/h3-9,11H,10,12H2,1-2H3. The highest BCUT2D eigenvalue weighted by Crippen LogP contribution is 2.32. The molecule has 2 aromatic heterocycles. The quantitative estimate of drug-likeness (QED) is 0.399. The lowest BCUT2D eigenvalue weighted by Gasteiger charge is -2.07. The zero-order valence-corrected chi connectivity index (χ0v) is 16.7. The number of methoxy groups -OCH3 is 2. The van der Waals surface area contributed by atoms with E-state index in [-0.39, 0.29) is 0 Å². The van der Waals surface area contributed by atoms with E-state index < -0.39 is 0 Å². The molecule has 2 heterocycles. The van der Waals surface area contributed by atoms with Crippen molar-refractivity contribution in [3.8, 4) is 22.9 Å². The van der Waals surface area contributed by atoms with Gasteiger partial charge in [-0.1, -0.05) is 47.3 Å². The third kappa shape index (κ3) is 4.57. The number of ether oxygens (including phenoxy) is 2. The Hall–Kier alpha value is -3.33. The summed E-state index contributed by atoms with van der Waals surface area (Å²) in [5, 5.41) is 12.6. The van der Waals surface area contributed by atoms with Crippen molar-refractivity contribution in [2.45, 2.75) is 17.4 Å². The number of hydrogen-bond donors (Lipinski definition) is 0. The minimum atomic E-state index is 0.415. The van der Waals surface area contributed by atoms with Gasteiger partial charge in [0.2, 0.25) is 17.6 Å². The minimum Gasteiger partial charge on any atom is -0.497 e. The first-order valence-corrected chi connectivity index (χ1v) is 9.78. The molecule has 0 aliphatic carbocycles. The number of nitrogens with zero attached hydrogens (tertiary/aromatic N) is 4. The van der Waals surface area contributed by atoms with Gasteiger partial charge in [-0.25, -0.2) is 0 Å². The molecule has 0 atom stereocenters. The van der Waals surface area contributed by atoms with Crippen LogP contribution in [0.1, 0.15) is 17.3 Å². The van der Waals surface area contributed by atoms with E-state index >= 15 is 0 Å². The van der Waals surface area contributed by atoms with Crippen molar-refractivity contribution in [2.24, 2.45) is 0 Å². The van der Waals surface area contributed by atoms with E-state index in [1.165, 1.54) is 11.8 Å². The van der Waals surface area contributed by atoms with Crippen LogP contribution >= 0.6 is 11.8 Å². The summed E-state index contributed by atoms with van der Waals surface area (Å²) < 4.78 is 21.6. The van der Waals surface area contributed by atoms with E-state index in [0.717, 1.165) is 11.1 Å². The lowest BCUT2D eigenvalue weighted by Crippen LogP contribution is -1.91. The van der Waals surface area contributed by atoms with E-state index in [2.05, 4.69) is 20.3 Å². The van der Waals surface area contributed by atoms with Crippen molar-refractivity contribution in [3.05, 3.63) is 65.9 Å². The van der Waals surface area contributed by atoms with Gasteiger partial charge in [-0.2, -0.15) is 4.98 Å². The summed E-state index contributed by atoms with van der Waals surface area (Å²) in [5.74, 6) is 3.16. The zero-order valence-electron chi connectivity index (χ0n) is 15.9. The van der Waals surface area contributed by atoms with Crippen LogP contribution < -0.4 is 9.47 Å². The van der Waals surface area contributed by atoms with Crippen LogP contribution in [0.4, 0.5) is 0 Å². The fraction of sp³-hybridized carbons (Fsp3) is 0.200. The molecule has 0 aliphatic heterocycles. The molecule has 0 bridgehead atoms. The van der Waals surface area contributed by atoms with Crippen LogP contribution in [-0.2, 0) is 12.2 Å². The van der Waals surface area contributed by atoms with Gasteiger partial charge in [0.25, 0.3) is 5.22 Å². The van der Waals surface area contributed by atoms with Crippen molar-refractivity contribution in [1.29, 1.82) is 0 Å². The van der Waals surface area contributed by atoms with E-state index in [9.17, 15) is 0 Å². The zero-order chi connectivity index (χ0) is 20.1. The van der Waals surface area contributed by atoms with Gasteiger partial charge in [0.05, 0.1) is 32.0 Å². The van der Waals surface area contributed by atoms with Gasteiger partial charge in [-0.05, 0) is 17.7 Å². The van der Waals surface area contributed by atoms with Crippen LogP contribution in [0.3, 0.4) is 0 Å². The highest BCUT2D eigenvalue weighted by atomic mass is 32.2. The highest BCUT2D eigenvalue weighted by Gasteiger charge is 2.16. The molecule has 2 aromatic carbocycles. The van der Waals surface area contributed by atoms with Crippen molar-refractivity contribution in [2.75, 3.05) is 14.2 Å². The van der Waals surface area contributed by atoms with Crippen molar-refractivity contribution < 1.29 is 18.4 Å². The Kier molecular flexibility index (Phi) is 5.76. The molecular formula is C20H18N4O4S. The average Bonchev–Trinajstić information content (AvgIpc) is 3.42. The topological polar surface area (TPSA) is 96.3 Å². The van der Waals surface area contributed by atoms with Gasteiger partial charge in [0.15, 0.2) is 0 Å². The summed E-state index contributed by atoms with van der Waals surface area (Å²) >= 11 is 1.34. The van der Waals surface area contributed by atoms with Crippen molar-refractivity contribution >= 4 is 11.8 Å².